The third kappa shape index (κ3) is 2.84. The third-order valence-corrected chi connectivity index (χ3v) is 5.56. The molecule has 0 amide bonds. The van der Waals surface area contributed by atoms with Gasteiger partial charge in [-0.2, -0.15) is 4.31 Å². The second kappa shape index (κ2) is 5.51. The molecular formula is C11H18N4O4S. The van der Waals surface area contributed by atoms with Crippen LogP contribution in [-0.2, 0) is 10.0 Å². The van der Waals surface area contributed by atoms with Gasteiger partial charge in [-0.05, 0) is 33.0 Å². The number of aromatic nitrogens is 2. The minimum Gasteiger partial charge on any atom is -0.313 e. The third-order valence-electron chi connectivity index (χ3n) is 3.64. The van der Waals surface area contributed by atoms with E-state index in [0.29, 0.717) is 12.8 Å². The van der Waals surface area contributed by atoms with Crippen molar-refractivity contribution in [3.8, 4) is 0 Å². The van der Waals surface area contributed by atoms with Crippen molar-refractivity contribution >= 4 is 10.0 Å². The standard InChI is InChI=1S/C11H18N4O4S/c1-14-5-3-8(4-6-14)15(2)20(18,19)9-7-12-11(17)13-10(9)16/h7-8H,3-6H2,1-2H3,(H2,12,13,16,17). The molecule has 0 aromatic carbocycles. The molecule has 9 heteroatoms. The molecule has 1 saturated heterocycles. The van der Waals surface area contributed by atoms with E-state index in [2.05, 4.69) is 9.88 Å². The molecule has 112 valence electrons. The highest BCUT2D eigenvalue weighted by Crippen LogP contribution is 2.19. The van der Waals surface area contributed by atoms with E-state index in [9.17, 15) is 18.0 Å². The van der Waals surface area contributed by atoms with E-state index in [1.165, 1.54) is 11.4 Å². The number of H-pyrrole nitrogens is 2. The summed E-state index contributed by atoms with van der Waals surface area (Å²) in [5.41, 5.74) is -1.62. The highest BCUT2D eigenvalue weighted by atomic mass is 32.2. The Morgan fingerprint density at radius 2 is 1.90 bits per heavy atom. The van der Waals surface area contributed by atoms with Crippen LogP contribution in [0.2, 0.25) is 0 Å². The SMILES string of the molecule is CN1CCC(N(C)S(=O)(=O)c2c[nH]c(=O)[nH]c2=O)CC1. The molecule has 1 fully saturated rings. The van der Waals surface area contributed by atoms with Crippen molar-refractivity contribution in [2.45, 2.75) is 23.8 Å². The molecule has 0 bridgehead atoms. The lowest BCUT2D eigenvalue weighted by Crippen LogP contribution is -2.45. The molecule has 2 heterocycles. The van der Waals surface area contributed by atoms with Crippen LogP contribution >= 0.6 is 0 Å². The van der Waals surface area contributed by atoms with Crippen LogP contribution in [0.3, 0.4) is 0 Å². The fourth-order valence-electron chi connectivity index (χ4n) is 2.30. The maximum absolute atomic E-state index is 12.4. The highest BCUT2D eigenvalue weighted by molar-refractivity contribution is 7.89. The molecule has 0 atom stereocenters. The summed E-state index contributed by atoms with van der Waals surface area (Å²) in [6.07, 6.45) is 2.38. The average Bonchev–Trinajstić information content (AvgIpc) is 2.38. The Labute approximate surface area is 116 Å². The van der Waals surface area contributed by atoms with E-state index >= 15 is 0 Å². The predicted molar refractivity (Wildman–Crippen MR) is 73.2 cm³/mol. The lowest BCUT2D eigenvalue weighted by molar-refractivity contribution is 0.197. The molecule has 0 radical (unpaired) electrons. The molecule has 2 N–H and O–H groups in total. The summed E-state index contributed by atoms with van der Waals surface area (Å²) < 4.78 is 26.1. The molecule has 1 aromatic rings. The number of rotatable bonds is 3. The molecule has 0 aliphatic carbocycles. The van der Waals surface area contributed by atoms with Crippen molar-refractivity contribution < 1.29 is 8.42 Å². The predicted octanol–water partition coefficient (Wildman–Crippen LogP) is -1.22. The Balaban J connectivity index is 2.30. The fraction of sp³-hybridized carbons (Fsp3) is 0.636. The van der Waals surface area contributed by atoms with Gasteiger partial charge in [-0.15, -0.1) is 0 Å². The van der Waals surface area contributed by atoms with Gasteiger partial charge in [0.2, 0.25) is 10.0 Å². The van der Waals surface area contributed by atoms with E-state index in [-0.39, 0.29) is 6.04 Å². The van der Waals surface area contributed by atoms with E-state index in [4.69, 9.17) is 0 Å². The van der Waals surface area contributed by atoms with Gasteiger partial charge < -0.3 is 9.88 Å². The lowest BCUT2D eigenvalue weighted by atomic mass is 10.1. The minimum absolute atomic E-state index is 0.137. The van der Waals surface area contributed by atoms with Crippen LogP contribution in [0.25, 0.3) is 0 Å². The van der Waals surface area contributed by atoms with Gasteiger partial charge in [-0.3, -0.25) is 9.78 Å². The second-order valence-corrected chi connectivity index (χ2v) is 6.96. The first-order valence-electron chi connectivity index (χ1n) is 6.31. The summed E-state index contributed by atoms with van der Waals surface area (Å²) >= 11 is 0. The van der Waals surface area contributed by atoms with Gasteiger partial charge >= 0.3 is 5.69 Å². The zero-order chi connectivity index (χ0) is 14.9. The first-order chi connectivity index (χ1) is 9.32. The van der Waals surface area contributed by atoms with E-state index < -0.39 is 26.2 Å². The average molecular weight is 302 g/mol. The first kappa shape index (κ1) is 14.9. The van der Waals surface area contributed by atoms with Crippen LogP contribution in [0.5, 0.6) is 0 Å². The number of likely N-dealkylation sites (tertiary alicyclic amines) is 1. The molecule has 0 spiro atoms. The van der Waals surface area contributed by atoms with Gasteiger partial charge in [-0.1, -0.05) is 0 Å². The van der Waals surface area contributed by atoms with Crippen LogP contribution in [0.1, 0.15) is 12.8 Å². The number of nitrogens with zero attached hydrogens (tertiary/aromatic N) is 2. The van der Waals surface area contributed by atoms with Gasteiger partial charge in [0.15, 0.2) is 4.90 Å². The number of nitrogens with one attached hydrogen (secondary N) is 2. The quantitative estimate of drug-likeness (QED) is 0.728. The van der Waals surface area contributed by atoms with E-state index in [1.54, 1.807) is 0 Å². The number of piperidine rings is 1. The molecule has 1 aromatic heterocycles. The van der Waals surface area contributed by atoms with Crippen LogP contribution in [0.15, 0.2) is 20.7 Å². The van der Waals surface area contributed by atoms with E-state index in [0.717, 1.165) is 19.3 Å². The molecule has 2 rings (SSSR count). The molecule has 1 aliphatic rings. The van der Waals surface area contributed by atoms with Crippen LogP contribution in [0.4, 0.5) is 0 Å². The van der Waals surface area contributed by atoms with Gasteiger partial charge in [0.1, 0.15) is 0 Å². The van der Waals surface area contributed by atoms with Crippen molar-refractivity contribution in [3.63, 3.8) is 0 Å². The maximum atomic E-state index is 12.4. The first-order valence-corrected chi connectivity index (χ1v) is 7.75. The topological polar surface area (TPSA) is 106 Å². The van der Waals surface area contributed by atoms with Crippen molar-refractivity contribution in [3.05, 3.63) is 27.0 Å². The largest absolute Gasteiger partial charge is 0.325 e. The zero-order valence-corrected chi connectivity index (χ0v) is 12.2. The summed E-state index contributed by atoms with van der Waals surface area (Å²) in [5, 5.41) is 0. The van der Waals surface area contributed by atoms with Crippen molar-refractivity contribution in [1.29, 1.82) is 0 Å². The molecule has 20 heavy (non-hydrogen) atoms. The van der Waals surface area contributed by atoms with Crippen molar-refractivity contribution in [2.24, 2.45) is 0 Å². The Kier molecular flexibility index (Phi) is 4.11. The Hall–Kier alpha value is -1.45. The summed E-state index contributed by atoms with van der Waals surface area (Å²) in [6, 6.07) is -0.137. The molecule has 0 saturated carbocycles. The second-order valence-electron chi connectivity index (χ2n) is 4.99. The summed E-state index contributed by atoms with van der Waals surface area (Å²) in [5.74, 6) is 0. The fourth-order valence-corrected chi connectivity index (χ4v) is 3.71. The summed E-state index contributed by atoms with van der Waals surface area (Å²) in [6.45, 7) is 1.62. The van der Waals surface area contributed by atoms with Crippen LogP contribution < -0.4 is 11.2 Å². The number of sulfonamides is 1. The highest BCUT2D eigenvalue weighted by Gasteiger charge is 2.31. The Morgan fingerprint density at radius 3 is 2.45 bits per heavy atom. The molecule has 0 unspecified atom stereocenters. The Bertz CT molecular complexity index is 685. The number of aromatic amines is 2. The van der Waals surface area contributed by atoms with Gasteiger partial charge in [-0.25, -0.2) is 13.2 Å². The van der Waals surface area contributed by atoms with Crippen LogP contribution in [0, 0.1) is 0 Å². The zero-order valence-electron chi connectivity index (χ0n) is 11.4. The normalized spacial score (nSPS) is 18.6. The van der Waals surface area contributed by atoms with Crippen LogP contribution in [-0.4, -0.2) is 60.8 Å². The summed E-state index contributed by atoms with van der Waals surface area (Å²) in [4.78, 5) is 28.4. The molecular weight excluding hydrogens is 284 g/mol. The molecule has 8 nitrogen and oxygen atoms in total. The monoisotopic (exact) mass is 302 g/mol. The van der Waals surface area contributed by atoms with Gasteiger partial charge in [0.05, 0.1) is 0 Å². The van der Waals surface area contributed by atoms with E-state index in [1.807, 2.05) is 12.0 Å². The van der Waals surface area contributed by atoms with Gasteiger partial charge in [0.25, 0.3) is 5.56 Å². The van der Waals surface area contributed by atoms with Crippen molar-refractivity contribution in [1.82, 2.24) is 19.2 Å². The summed E-state index contributed by atoms with van der Waals surface area (Å²) in [7, 11) is -0.451. The Morgan fingerprint density at radius 1 is 1.30 bits per heavy atom. The minimum atomic E-state index is -3.90. The number of hydrogen-bond donors (Lipinski definition) is 2. The maximum Gasteiger partial charge on any atom is 0.325 e. The van der Waals surface area contributed by atoms with Crippen molar-refractivity contribution in [2.75, 3.05) is 27.2 Å². The lowest BCUT2D eigenvalue weighted by Gasteiger charge is -2.34. The van der Waals surface area contributed by atoms with Gasteiger partial charge in [0, 0.05) is 19.3 Å². The smallest absolute Gasteiger partial charge is 0.313 e. The molecule has 1 aliphatic heterocycles. The number of hydrogen-bond acceptors (Lipinski definition) is 5.